The normalized spacial score (nSPS) is 11.3. The van der Waals surface area contributed by atoms with Gasteiger partial charge in [-0.25, -0.2) is 0 Å². The molecular weight excluding hydrogens is 186 g/mol. The summed E-state index contributed by atoms with van der Waals surface area (Å²) in [5.41, 5.74) is 2.40. The summed E-state index contributed by atoms with van der Waals surface area (Å²) in [5, 5.41) is 8.00. The van der Waals surface area contributed by atoms with Gasteiger partial charge >= 0.3 is 0 Å². The van der Waals surface area contributed by atoms with Gasteiger partial charge in [-0.2, -0.15) is 5.10 Å². The van der Waals surface area contributed by atoms with Gasteiger partial charge in [-0.15, -0.1) is 0 Å². The molecule has 0 aliphatic carbocycles. The monoisotopic (exact) mass is 209 g/mol. The first-order valence-electron chi connectivity index (χ1n) is 5.97. The highest BCUT2D eigenvalue weighted by Gasteiger charge is 2.06. The van der Waals surface area contributed by atoms with Crippen LogP contribution in [0, 0.1) is 6.92 Å². The Bertz CT molecular complexity index is 287. The van der Waals surface area contributed by atoms with E-state index < -0.39 is 0 Å². The van der Waals surface area contributed by atoms with Crippen LogP contribution in [0.1, 0.15) is 45.0 Å². The number of hydrogen-bond acceptors (Lipinski definition) is 2. The van der Waals surface area contributed by atoms with Gasteiger partial charge in [0, 0.05) is 19.1 Å². The number of aromatic nitrogens is 2. The molecule has 15 heavy (non-hydrogen) atoms. The van der Waals surface area contributed by atoms with E-state index in [4.69, 9.17) is 0 Å². The molecule has 0 aromatic carbocycles. The second kappa shape index (κ2) is 5.91. The van der Waals surface area contributed by atoms with Crippen molar-refractivity contribution in [1.82, 2.24) is 15.1 Å². The molecule has 1 aromatic rings. The molecule has 3 nitrogen and oxygen atoms in total. The molecule has 86 valence electrons. The molecule has 1 N–H and O–H groups in total. The summed E-state index contributed by atoms with van der Waals surface area (Å²) in [7, 11) is 0. The summed E-state index contributed by atoms with van der Waals surface area (Å²) in [4.78, 5) is 0. The lowest BCUT2D eigenvalue weighted by Crippen LogP contribution is -2.28. The van der Waals surface area contributed by atoms with Gasteiger partial charge in [-0.05, 0) is 32.8 Å². The summed E-state index contributed by atoms with van der Waals surface area (Å²) in [6.45, 7) is 10.5. The van der Waals surface area contributed by atoms with E-state index in [1.54, 1.807) is 0 Å². The molecule has 0 atom stereocenters. The fraction of sp³-hybridized carbons (Fsp3) is 0.750. The van der Waals surface area contributed by atoms with Crippen molar-refractivity contribution in [3.63, 3.8) is 0 Å². The van der Waals surface area contributed by atoms with Gasteiger partial charge in [0.25, 0.3) is 0 Å². The molecule has 1 aromatic heterocycles. The molecule has 0 radical (unpaired) electrons. The van der Waals surface area contributed by atoms with Crippen molar-refractivity contribution < 1.29 is 0 Å². The lowest BCUT2D eigenvalue weighted by Gasteiger charge is -2.14. The van der Waals surface area contributed by atoms with E-state index in [-0.39, 0.29) is 0 Å². The Hall–Kier alpha value is -0.830. The maximum Gasteiger partial charge on any atom is 0.0597 e. The topological polar surface area (TPSA) is 29.9 Å². The number of hydrogen-bond donors (Lipinski definition) is 1. The van der Waals surface area contributed by atoms with Crippen molar-refractivity contribution in [1.29, 1.82) is 0 Å². The van der Waals surface area contributed by atoms with Crippen LogP contribution in [0.15, 0.2) is 6.07 Å². The molecule has 0 aliphatic rings. The van der Waals surface area contributed by atoms with Crippen LogP contribution in [0.3, 0.4) is 0 Å². The van der Waals surface area contributed by atoms with Gasteiger partial charge in [0.1, 0.15) is 0 Å². The largest absolute Gasteiger partial charge is 0.308 e. The number of nitrogens with zero attached hydrogens (tertiary/aromatic N) is 2. The second-order valence-electron chi connectivity index (χ2n) is 3.99. The number of aryl methyl sites for hydroxylation is 2. The third-order valence-corrected chi connectivity index (χ3v) is 2.84. The van der Waals surface area contributed by atoms with E-state index in [1.807, 2.05) is 6.92 Å². The fourth-order valence-electron chi connectivity index (χ4n) is 1.84. The van der Waals surface area contributed by atoms with Crippen LogP contribution < -0.4 is 5.32 Å². The minimum Gasteiger partial charge on any atom is -0.308 e. The SMILES string of the molecule is CCC(CC)NCc1cc(C)nn1CC. The maximum absolute atomic E-state index is 4.44. The molecule has 0 aliphatic heterocycles. The minimum absolute atomic E-state index is 0.630. The van der Waals surface area contributed by atoms with Crippen LogP contribution in [-0.4, -0.2) is 15.8 Å². The van der Waals surface area contributed by atoms with Crippen LogP contribution in [0.2, 0.25) is 0 Å². The van der Waals surface area contributed by atoms with Gasteiger partial charge in [0.2, 0.25) is 0 Å². The van der Waals surface area contributed by atoms with Crippen molar-refractivity contribution >= 4 is 0 Å². The van der Waals surface area contributed by atoms with Crippen molar-refractivity contribution in [2.75, 3.05) is 0 Å². The Labute approximate surface area is 92.9 Å². The highest BCUT2D eigenvalue weighted by molar-refractivity contribution is 5.08. The van der Waals surface area contributed by atoms with E-state index >= 15 is 0 Å². The van der Waals surface area contributed by atoms with Crippen LogP contribution >= 0.6 is 0 Å². The molecule has 0 bridgehead atoms. The van der Waals surface area contributed by atoms with Crippen LogP contribution in [-0.2, 0) is 13.1 Å². The molecule has 1 heterocycles. The molecule has 0 amide bonds. The zero-order valence-corrected chi connectivity index (χ0v) is 10.4. The highest BCUT2D eigenvalue weighted by atomic mass is 15.3. The lowest BCUT2D eigenvalue weighted by molar-refractivity contribution is 0.467. The minimum atomic E-state index is 0.630. The van der Waals surface area contributed by atoms with Crippen molar-refractivity contribution in [3.05, 3.63) is 17.5 Å². The molecule has 0 saturated heterocycles. The third-order valence-electron chi connectivity index (χ3n) is 2.84. The zero-order valence-electron chi connectivity index (χ0n) is 10.4. The van der Waals surface area contributed by atoms with Crippen LogP contribution in [0.4, 0.5) is 0 Å². The van der Waals surface area contributed by atoms with E-state index in [2.05, 4.69) is 41.9 Å². The molecule has 1 rings (SSSR count). The van der Waals surface area contributed by atoms with Gasteiger partial charge < -0.3 is 5.32 Å². The van der Waals surface area contributed by atoms with Crippen molar-refractivity contribution in [2.24, 2.45) is 0 Å². The summed E-state index contributed by atoms with van der Waals surface area (Å²) in [6.07, 6.45) is 2.38. The smallest absolute Gasteiger partial charge is 0.0597 e. The Kier molecular flexibility index (Phi) is 4.82. The molecular formula is C12H23N3. The van der Waals surface area contributed by atoms with E-state index in [0.717, 1.165) is 18.8 Å². The predicted octanol–water partition coefficient (Wildman–Crippen LogP) is 2.49. The lowest BCUT2D eigenvalue weighted by atomic mass is 10.2. The first-order chi connectivity index (χ1) is 7.21. The van der Waals surface area contributed by atoms with E-state index in [9.17, 15) is 0 Å². The number of rotatable bonds is 6. The fourth-order valence-corrected chi connectivity index (χ4v) is 1.84. The molecule has 0 saturated carbocycles. The average Bonchev–Trinajstić information content (AvgIpc) is 2.60. The third kappa shape index (κ3) is 3.34. The quantitative estimate of drug-likeness (QED) is 0.780. The summed E-state index contributed by atoms with van der Waals surface area (Å²) >= 11 is 0. The van der Waals surface area contributed by atoms with Crippen LogP contribution in [0.25, 0.3) is 0 Å². The molecule has 0 spiro atoms. The van der Waals surface area contributed by atoms with Gasteiger partial charge in [-0.3, -0.25) is 4.68 Å². The second-order valence-corrected chi connectivity index (χ2v) is 3.99. The molecule has 0 fully saturated rings. The van der Waals surface area contributed by atoms with Crippen molar-refractivity contribution in [3.8, 4) is 0 Å². The average molecular weight is 209 g/mol. The standard InChI is InChI=1S/C12H23N3/c1-5-11(6-2)13-9-12-8-10(4)14-15(12)7-3/h8,11,13H,5-7,9H2,1-4H3. The van der Waals surface area contributed by atoms with Crippen molar-refractivity contribution in [2.45, 2.75) is 59.7 Å². The van der Waals surface area contributed by atoms with Gasteiger partial charge in [-0.1, -0.05) is 13.8 Å². The number of nitrogens with one attached hydrogen (secondary N) is 1. The van der Waals surface area contributed by atoms with Gasteiger partial charge in [0.15, 0.2) is 0 Å². The Morgan fingerprint density at radius 1 is 1.33 bits per heavy atom. The first kappa shape index (κ1) is 12.2. The summed E-state index contributed by atoms with van der Waals surface area (Å²) < 4.78 is 2.07. The zero-order chi connectivity index (χ0) is 11.3. The molecule has 3 heteroatoms. The van der Waals surface area contributed by atoms with E-state index in [0.29, 0.717) is 6.04 Å². The maximum atomic E-state index is 4.44. The Morgan fingerprint density at radius 3 is 2.53 bits per heavy atom. The summed E-state index contributed by atoms with van der Waals surface area (Å²) in [5.74, 6) is 0. The Balaban J connectivity index is 2.55. The van der Waals surface area contributed by atoms with E-state index in [1.165, 1.54) is 18.5 Å². The summed E-state index contributed by atoms with van der Waals surface area (Å²) in [6, 6.07) is 2.80. The molecule has 0 unspecified atom stereocenters. The van der Waals surface area contributed by atoms with Gasteiger partial charge in [0.05, 0.1) is 11.4 Å². The first-order valence-corrected chi connectivity index (χ1v) is 5.97. The highest BCUT2D eigenvalue weighted by Crippen LogP contribution is 2.05. The van der Waals surface area contributed by atoms with Crippen LogP contribution in [0.5, 0.6) is 0 Å². The Morgan fingerprint density at radius 2 is 2.00 bits per heavy atom. The predicted molar refractivity (Wildman–Crippen MR) is 63.8 cm³/mol.